The number of aromatic nitrogens is 2. The van der Waals surface area contributed by atoms with Crippen molar-refractivity contribution in [1.82, 2.24) is 9.13 Å². The number of rotatable bonds is 6. The summed E-state index contributed by atoms with van der Waals surface area (Å²) in [6.45, 7) is 6.46. The average Bonchev–Trinajstić information content (AvgIpc) is 3.11. The van der Waals surface area contributed by atoms with E-state index in [1.165, 1.54) is 18.4 Å². The number of benzene rings is 1. The Morgan fingerprint density at radius 3 is 2.39 bits per heavy atom. The van der Waals surface area contributed by atoms with Crippen LogP contribution < -0.4 is 11.0 Å². The molecule has 28 heavy (non-hydrogen) atoms. The van der Waals surface area contributed by atoms with Gasteiger partial charge in [0.25, 0.3) is 0 Å². The maximum absolute atomic E-state index is 12.7. The van der Waals surface area contributed by atoms with Crippen molar-refractivity contribution in [3.8, 4) is 0 Å². The lowest BCUT2D eigenvalue weighted by molar-refractivity contribution is -0.116. The second kappa shape index (κ2) is 8.02. The van der Waals surface area contributed by atoms with Crippen LogP contribution in [0.25, 0.3) is 11.0 Å². The number of hydrogen-bond acceptors (Lipinski definition) is 5. The van der Waals surface area contributed by atoms with E-state index in [1.54, 1.807) is 9.13 Å². The van der Waals surface area contributed by atoms with Crippen molar-refractivity contribution in [1.29, 1.82) is 0 Å². The summed E-state index contributed by atoms with van der Waals surface area (Å²) in [4.78, 5) is 38.2. The van der Waals surface area contributed by atoms with Crippen LogP contribution in [-0.4, -0.2) is 28.1 Å². The van der Waals surface area contributed by atoms with Gasteiger partial charge in [-0.2, -0.15) is 0 Å². The van der Waals surface area contributed by atoms with Gasteiger partial charge < -0.3 is 10.1 Å². The molecule has 0 radical (unpaired) electrons. The van der Waals surface area contributed by atoms with E-state index in [9.17, 15) is 14.4 Å². The molecule has 0 bridgehead atoms. The Labute approximate surface area is 166 Å². The zero-order valence-electron chi connectivity index (χ0n) is 16.4. The number of hydrogen-bond donors (Lipinski definition) is 1. The van der Waals surface area contributed by atoms with Crippen LogP contribution in [0.15, 0.2) is 29.1 Å². The lowest BCUT2D eigenvalue weighted by atomic mass is 10.1. The molecule has 148 valence electrons. The van der Waals surface area contributed by atoms with E-state index in [0.717, 1.165) is 21.5 Å². The highest BCUT2D eigenvalue weighted by atomic mass is 32.1. The highest BCUT2D eigenvalue weighted by Crippen LogP contribution is 2.33. The highest BCUT2D eigenvalue weighted by molar-refractivity contribution is 7.16. The molecular weight excluding hydrogens is 378 g/mol. The number of fused-ring (bicyclic) bond motifs is 1. The first-order valence-corrected chi connectivity index (χ1v) is 9.86. The minimum atomic E-state index is -0.473. The number of para-hydroxylation sites is 2. The predicted molar refractivity (Wildman–Crippen MR) is 110 cm³/mol. The Balaban J connectivity index is 1.81. The molecule has 0 aliphatic rings. The van der Waals surface area contributed by atoms with E-state index >= 15 is 0 Å². The summed E-state index contributed by atoms with van der Waals surface area (Å²) >= 11 is 1.34. The minimum absolute atomic E-state index is 0.119. The average molecular weight is 401 g/mol. The third-order valence-corrected chi connectivity index (χ3v) is 5.95. The van der Waals surface area contributed by atoms with Crippen molar-refractivity contribution < 1.29 is 14.3 Å². The number of carbonyl (C=O) groups excluding carboxylic acids is 2. The van der Waals surface area contributed by atoms with Crippen molar-refractivity contribution in [3.05, 3.63) is 50.8 Å². The molecule has 0 saturated heterocycles. The van der Waals surface area contributed by atoms with Crippen LogP contribution in [0.1, 0.15) is 34.1 Å². The lowest BCUT2D eigenvalue weighted by Crippen LogP contribution is -2.25. The Kier molecular flexibility index (Phi) is 5.69. The lowest BCUT2D eigenvalue weighted by Gasteiger charge is -2.07. The maximum atomic E-state index is 12.7. The molecule has 2 heterocycles. The Morgan fingerprint density at radius 1 is 1.14 bits per heavy atom. The number of aryl methyl sites for hydroxylation is 3. The van der Waals surface area contributed by atoms with Gasteiger partial charge in [-0.15, -0.1) is 11.3 Å². The van der Waals surface area contributed by atoms with Crippen molar-refractivity contribution in [2.24, 2.45) is 0 Å². The smallest absolute Gasteiger partial charge is 0.341 e. The van der Waals surface area contributed by atoms with Crippen LogP contribution in [0.3, 0.4) is 0 Å². The SMILES string of the molecule is CCn1c(=O)n(CCC(=O)Nc2sc(C)c(C)c2C(=O)OC)c2ccccc21. The third-order valence-electron chi connectivity index (χ3n) is 4.83. The largest absolute Gasteiger partial charge is 0.465 e. The molecule has 0 aliphatic heterocycles. The number of imidazole rings is 1. The zero-order chi connectivity index (χ0) is 20.4. The van der Waals surface area contributed by atoms with Crippen LogP contribution in [-0.2, 0) is 22.6 Å². The van der Waals surface area contributed by atoms with E-state index in [-0.39, 0.29) is 24.6 Å². The van der Waals surface area contributed by atoms with E-state index in [2.05, 4.69) is 5.32 Å². The molecule has 8 heteroatoms. The van der Waals surface area contributed by atoms with Gasteiger partial charge in [0, 0.05) is 24.4 Å². The normalized spacial score (nSPS) is 11.0. The van der Waals surface area contributed by atoms with E-state index in [1.807, 2.05) is 45.0 Å². The topological polar surface area (TPSA) is 82.3 Å². The number of nitrogens with one attached hydrogen (secondary N) is 1. The molecule has 0 atom stereocenters. The second-order valence-electron chi connectivity index (χ2n) is 6.44. The molecule has 0 spiro atoms. The Bertz CT molecular complexity index is 1110. The quantitative estimate of drug-likeness (QED) is 0.643. The molecule has 0 fully saturated rings. The van der Waals surface area contributed by atoms with Crippen molar-refractivity contribution in [2.75, 3.05) is 12.4 Å². The summed E-state index contributed by atoms with van der Waals surface area (Å²) in [5, 5.41) is 3.28. The predicted octanol–water partition coefficient (Wildman–Crippen LogP) is 3.32. The number of amides is 1. The second-order valence-corrected chi connectivity index (χ2v) is 7.67. The zero-order valence-corrected chi connectivity index (χ0v) is 17.2. The summed E-state index contributed by atoms with van der Waals surface area (Å²) in [5.74, 6) is -0.731. The molecular formula is C20H23N3O4S. The van der Waals surface area contributed by atoms with Crippen molar-refractivity contribution in [3.63, 3.8) is 0 Å². The van der Waals surface area contributed by atoms with Gasteiger partial charge in [0.15, 0.2) is 0 Å². The molecule has 3 aromatic rings. The van der Waals surface area contributed by atoms with E-state index < -0.39 is 5.97 Å². The molecule has 3 rings (SSSR count). The summed E-state index contributed by atoms with van der Waals surface area (Å²) in [6.07, 6.45) is 0.119. The van der Waals surface area contributed by atoms with E-state index in [0.29, 0.717) is 17.1 Å². The number of methoxy groups -OCH3 is 1. The van der Waals surface area contributed by atoms with Gasteiger partial charge in [0.2, 0.25) is 5.91 Å². The van der Waals surface area contributed by atoms with Crippen LogP contribution in [0, 0.1) is 13.8 Å². The minimum Gasteiger partial charge on any atom is -0.465 e. The first-order valence-electron chi connectivity index (χ1n) is 9.05. The van der Waals surface area contributed by atoms with Gasteiger partial charge in [-0.3, -0.25) is 13.9 Å². The van der Waals surface area contributed by atoms with Crippen LogP contribution in [0.5, 0.6) is 0 Å². The van der Waals surface area contributed by atoms with Crippen LogP contribution in [0.2, 0.25) is 0 Å². The summed E-state index contributed by atoms with van der Waals surface area (Å²) in [6, 6.07) is 7.54. The van der Waals surface area contributed by atoms with Gasteiger partial charge in [-0.1, -0.05) is 12.1 Å². The van der Waals surface area contributed by atoms with Gasteiger partial charge >= 0.3 is 11.7 Å². The number of nitrogens with zero attached hydrogens (tertiary/aromatic N) is 2. The molecule has 0 aliphatic carbocycles. The maximum Gasteiger partial charge on any atom is 0.341 e. The van der Waals surface area contributed by atoms with Gasteiger partial charge in [0.05, 0.1) is 23.7 Å². The summed E-state index contributed by atoms with van der Waals surface area (Å²) in [7, 11) is 1.32. The van der Waals surface area contributed by atoms with Gasteiger partial charge in [0.1, 0.15) is 5.00 Å². The monoisotopic (exact) mass is 401 g/mol. The molecule has 7 nitrogen and oxygen atoms in total. The number of thiophene rings is 1. The summed E-state index contributed by atoms with van der Waals surface area (Å²) in [5.41, 5.74) is 2.72. The van der Waals surface area contributed by atoms with Crippen LogP contribution >= 0.6 is 11.3 Å². The summed E-state index contributed by atoms with van der Waals surface area (Å²) < 4.78 is 8.13. The Morgan fingerprint density at radius 2 is 1.79 bits per heavy atom. The van der Waals surface area contributed by atoms with E-state index in [4.69, 9.17) is 4.74 Å². The molecule has 1 amide bonds. The standard InChI is InChI=1S/C20H23N3O4S/c1-5-22-14-8-6-7-9-15(14)23(20(22)26)11-10-16(24)21-18-17(19(25)27-4)12(2)13(3)28-18/h6-9H,5,10-11H2,1-4H3,(H,21,24). The van der Waals surface area contributed by atoms with Gasteiger partial charge in [-0.05, 0) is 38.5 Å². The fourth-order valence-electron chi connectivity index (χ4n) is 3.26. The number of carbonyl (C=O) groups is 2. The number of esters is 1. The third kappa shape index (κ3) is 3.47. The number of anilines is 1. The molecule has 0 saturated carbocycles. The first-order chi connectivity index (χ1) is 13.4. The van der Waals surface area contributed by atoms with Crippen molar-refractivity contribution >= 4 is 39.2 Å². The molecule has 1 N–H and O–H groups in total. The first kappa shape index (κ1) is 19.9. The van der Waals surface area contributed by atoms with Gasteiger partial charge in [-0.25, -0.2) is 9.59 Å². The highest BCUT2D eigenvalue weighted by Gasteiger charge is 2.22. The number of ether oxygens (including phenoxy) is 1. The Hall–Kier alpha value is -2.87. The molecule has 2 aromatic heterocycles. The van der Waals surface area contributed by atoms with Crippen LogP contribution in [0.4, 0.5) is 5.00 Å². The molecule has 1 aromatic carbocycles. The fourth-order valence-corrected chi connectivity index (χ4v) is 4.32. The van der Waals surface area contributed by atoms with Crippen molar-refractivity contribution in [2.45, 2.75) is 40.3 Å². The fraction of sp³-hybridized carbons (Fsp3) is 0.350. The molecule has 0 unspecified atom stereocenters.